The van der Waals surface area contributed by atoms with Crippen molar-refractivity contribution in [3.05, 3.63) is 35.1 Å². The summed E-state index contributed by atoms with van der Waals surface area (Å²) in [6.07, 6.45) is 0. The summed E-state index contributed by atoms with van der Waals surface area (Å²) in [5.74, 6) is -0.680. The lowest BCUT2D eigenvalue weighted by Gasteiger charge is -2.32. The third-order valence-electron chi connectivity index (χ3n) is 3.61. The number of carbonyl (C=O) groups excluding carboxylic acids is 2. The molecule has 0 aliphatic carbocycles. The fourth-order valence-electron chi connectivity index (χ4n) is 2.24. The van der Waals surface area contributed by atoms with Crippen molar-refractivity contribution in [2.45, 2.75) is 19.8 Å². The van der Waals surface area contributed by atoms with E-state index in [-0.39, 0.29) is 30.1 Å². The summed E-state index contributed by atoms with van der Waals surface area (Å²) in [6, 6.07) is 4.54. The van der Waals surface area contributed by atoms with Crippen molar-refractivity contribution < 1.29 is 14.0 Å². The van der Waals surface area contributed by atoms with Gasteiger partial charge in [-0.3, -0.25) is 9.59 Å². The Morgan fingerprint density at radius 1 is 1.30 bits per heavy atom. The molecule has 1 aliphatic rings. The van der Waals surface area contributed by atoms with Gasteiger partial charge in [0.25, 0.3) is 5.91 Å². The molecule has 1 saturated heterocycles. The smallest absolute Gasteiger partial charge is 0.254 e. The molecule has 20 heavy (non-hydrogen) atoms. The maximum Gasteiger partial charge on any atom is 0.254 e. The first-order chi connectivity index (χ1) is 9.40. The van der Waals surface area contributed by atoms with Crippen molar-refractivity contribution in [1.82, 2.24) is 9.80 Å². The van der Waals surface area contributed by atoms with Crippen LogP contribution < -0.4 is 0 Å². The Hall–Kier alpha value is -1.91. The highest BCUT2D eigenvalue weighted by Gasteiger charge is 2.26. The molecule has 0 atom stereocenters. The van der Waals surface area contributed by atoms with Crippen LogP contribution in [0.4, 0.5) is 4.39 Å². The van der Waals surface area contributed by atoms with Gasteiger partial charge in [0.2, 0.25) is 5.91 Å². The Morgan fingerprint density at radius 3 is 2.55 bits per heavy atom. The number of benzene rings is 1. The topological polar surface area (TPSA) is 40.6 Å². The van der Waals surface area contributed by atoms with E-state index in [1.54, 1.807) is 24.1 Å². The second-order valence-electron chi connectivity index (χ2n) is 5.43. The molecule has 108 valence electrons. The highest BCUT2D eigenvalue weighted by Crippen LogP contribution is 2.20. The molecule has 0 bridgehead atoms. The van der Waals surface area contributed by atoms with E-state index in [0.717, 1.165) is 0 Å². The molecule has 1 fully saturated rings. The van der Waals surface area contributed by atoms with Gasteiger partial charge in [-0.15, -0.1) is 0 Å². The van der Waals surface area contributed by atoms with Crippen LogP contribution in [0, 0.1) is 5.82 Å². The van der Waals surface area contributed by atoms with Gasteiger partial charge in [0.15, 0.2) is 0 Å². The van der Waals surface area contributed by atoms with E-state index in [1.807, 2.05) is 13.8 Å². The van der Waals surface area contributed by atoms with E-state index < -0.39 is 0 Å². The molecule has 0 spiro atoms. The molecule has 1 aromatic rings. The van der Waals surface area contributed by atoms with Crippen molar-refractivity contribution in [1.29, 1.82) is 0 Å². The average molecular weight is 278 g/mol. The normalized spacial score (nSPS) is 15.9. The lowest BCUT2D eigenvalue weighted by Crippen LogP contribution is -2.50. The predicted octanol–water partition coefficient (Wildman–Crippen LogP) is 1.86. The Balaban J connectivity index is 2.17. The molecule has 2 rings (SSSR count). The number of hydrogen-bond donors (Lipinski definition) is 0. The van der Waals surface area contributed by atoms with Crippen LogP contribution in [0.2, 0.25) is 0 Å². The number of rotatable bonds is 2. The van der Waals surface area contributed by atoms with Gasteiger partial charge in [-0.05, 0) is 23.6 Å². The Bertz CT molecular complexity index is 543. The van der Waals surface area contributed by atoms with E-state index in [2.05, 4.69) is 0 Å². The first kappa shape index (κ1) is 14.5. The largest absolute Gasteiger partial charge is 0.342 e. The molecule has 0 radical (unpaired) electrons. The van der Waals surface area contributed by atoms with Crippen molar-refractivity contribution in [3.63, 3.8) is 0 Å². The lowest BCUT2D eigenvalue weighted by atomic mass is 10.0. The molecule has 0 aromatic heterocycles. The summed E-state index contributed by atoms with van der Waals surface area (Å²) >= 11 is 0. The Kier molecular flexibility index (Phi) is 4.06. The Labute approximate surface area is 118 Å². The summed E-state index contributed by atoms with van der Waals surface area (Å²) in [5.41, 5.74) is 0.889. The van der Waals surface area contributed by atoms with E-state index in [0.29, 0.717) is 24.2 Å². The molecular formula is C15H19FN2O2. The van der Waals surface area contributed by atoms with Crippen molar-refractivity contribution in [2.75, 3.05) is 26.7 Å². The monoisotopic (exact) mass is 278 g/mol. The number of hydrogen-bond acceptors (Lipinski definition) is 2. The highest BCUT2D eigenvalue weighted by atomic mass is 19.1. The fourth-order valence-corrected chi connectivity index (χ4v) is 2.24. The molecule has 0 unspecified atom stereocenters. The molecule has 0 saturated carbocycles. The summed E-state index contributed by atoms with van der Waals surface area (Å²) in [4.78, 5) is 26.9. The van der Waals surface area contributed by atoms with E-state index in [4.69, 9.17) is 0 Å². The zero-order valence-corrected chi connectivity index (χ0v) is 12.0. The summed E-state index contributed by atoms with van der Waals surface area (Å²) in [7, 11) is 1.71. The lowest BCUT2D eigenvalue weighted by molar-refractivity contribution is -0.133. The first-order valence-corrected chi connectivity index (χ1v) is 6.73. The molecule has 1 aromatic carbocycles. The minimum absolute atomic E-state index is 0.0584. The average Bonchev–Trinajstić information content (AvgIpc) is 2.40. The number of likely N-dealkylation sites (N-methyl/N-ethyl adjacent to an activating group) is 1. The second kappa shape index (κ2) is 5.61. The van der Waals surface area contributed by atoms with Gasteiger partial charge < -0.3 is 9.80 Å². The maximum absolute atomic E-state index is 13.9. The van der Waals surface area contributed by atoms with E-state index in [1.165, 1.54) is 11.0 Å². The third kappa shape index (κ3) is 2.81. The van der Waals surface area contributed by atoms with Gasteiger partial charge in [-0.2, -0.15) is 0 Å². The predicted molar refractivity (Wildman–Crippen MR) is 74.0 cm³/mol. The van der Waals surface area contributed by atoms with Crippen molar-refractivity contribution >= 4 is 11.8 Å². The van der Waals surface area contributed by atoms with Crippen LogP contribution in [-0.2, 0) is 4.79 Å². The van der Waals surface area contributed by atoms with E-state index >= 15 is 0 Å². The van der Waals surface area contributed by atoms with Gasteiger partial charge in [-0.1, -0.05) is 19.9 Å². The summed E-state index contributed by atoms with van der Waals surface area (Å²) in [5, 5.41) is 0. The SMILES string of the molecule is CC(C)c1ccc(C(=O)N2CCN(C)C(=O)C2)cc1F. The van der Waals surface area contributed by atoms with Gasteiger partial charge in [-0.25, -0.2) is 4.39 Å². The number of amides is 2. The molecule has 5 heteroatoms. The standard InChI is InChI=1S/C15H19FN2O2/c1-10(2)12-5-4-11(8-13(12)16)15(20)18-7-6-17(3)14(19)9-18/h4-5,8,10H,6-7,9H2,1-3H3. The summed E-state index contributed by atoms with van der Waals surface area (Å²) < 4.78 is 13.9. The van der Waals surface area contributed by atoms with Crippen LogP contribution in [0.5, 0.6) is 0 Å². The van der Waals surface area contributed by atoms with Crippen LogP contribution in [0.1, 0.15) is 35.7 Å². The van der Waals surface area contributed by atoms with Crippen molar-refractivity contribution in [3.8, 4) is 0 Å². The molecule has 1 heterocycles. The van der Waals surface area contributed by atoms with Crippen LogP contribution in [0.25, 0.3) is 0 Å². The number of carbonyl (C=O) groups is 2. The van der Waals surface area contributed by atoms with Crippen LogP contribution >= 0.6 is 0 Å². The summed E-state index contributed by atoms with van der Waals surface area (Å²) in [6.45, 7) is 4.85. The van der Waals surface area contributed by atoms with Crippen molar-refractivity contribution in [2.24, 2.45) is 0 Å². The van der Waals surface area contributed by atoms with Crippen LogP contribution in [0.3, 0.4) is 0 Å². The minimum Gasteiger partial charge on any atom is -0.342 e. The minimum atomic E-state index is -0.369. The number of piperazine rings is 1. The zero-order chi connectivity index (χ0) is 14.9. The number of halogens is 1. The molecule has 2 amide bonds. The quantitative estimate of drug-likeness (QED) is 0.828. The fraction of sp³-hybridized carbons (Fsp3) is 0.467. The van der Waals surface area contributed by atoms with Gasteiger partial charge >= 0.3 is 0 Å². The Morgan fingerprint density at radius 2 is 2.00 bits per heavy atom. The highest BCUT2D eigenvalue weighted by molar-refractivity contribution is 5.97. The molecule has 0 N–H and O–H groups in total. The maximum atomic E-state index is 13.9. The van der Waals surface area contributed by atoms with Crippen LogP contribution in [-0.4, -0.2) is 48.3 Å². The van der Waals surface area contributed by atoms with Gasteiger partial charge in [0.1, 0.15) is 12.4 Å². The molecular weight excluding hydrogens is 259 g/mol. The van der Waals surface area contributed by atoms with E-state index in [9.17, 15) is 14.0 Å². The van der Waals surface area contributed by atoms with Crippen LogP contribution in [0.15, 0.2) is 18.2 Å². The van der Waals surface area contributed by atoms with Gasteiger partial charge in [0, 0.05) is 25.7 Å². The molecule has 1 aliphatic heterocycles. The first-order valence-electron chi connectivity index (χ1n) is 6.73. The van der Waals surface area contributed by atoms with Gasteiger partial charge in [0.05, 0.1) is 0 Å². The second-order valence-corrected chi connectivity index (χ2v) is 5.43. The third-order valence-corrected chi connectivity index (χ3v) is 3.61. The molecule has 4 nitrogen and oxygen atoms in total. The number of nitrogens with zero attached hydrogens (tertiary/aromatic N) is 2. The zero-order valence-electron chi connectivity index (χ0n) is 12.0.